The summed E-state index contributed by atoms with van der Waals surface area (Å²) in [6.45, 7) is -0.522. The number of alkyl carbamates (subject to hydrolysis) is 1. The topological polar surface area (TPSA) is 122 Å². The molecule has 2 amide bonds. The van der Waals surface area contributed by atoms with E-state index in [-0.39, 0.29) is 25.6 Å². The molecule has 0 aromatic carbocycles. The maximum atomic E-state index is 12.9. The van der Waals surface area contributed by atoms with Gasteiger partial charge in [-0.1, -0.05) is 0 Å². The Bertz CT molecular complexity index is 608. The highest BCUT2D eigenvalue weighted by molar-refractivity contribution is 5.76. The Hall–Kier alpha value is -2.65. The maximum absolute atomic E-state index is 12.9. The smallest absolute Gasteiger partial charge is 0.408 e. The van der Waals surface area contributed by atoms with E-state index < -0.39 is 23.2 Å². The van der Waals surface area contributed by atoms with Crippen LogP contribution in [0.3, 0.4) is 0 Å². The third-order valence-electron chi connectivity index (χ3n) is 2.20. The lowest BCUT2D eigenvalue weighted by Crippen LogP contribution is -2.37. The van der Waals surface area contributed by atoms with E-state index >= 15 is 0 Å². The highest BCUT2D eigenvalue weighted by Crippen LogP contribution is 1.86. The molecule has 0 bridgehead atoms. The molecule has 0 saturated carbocycles. The molecule has 10 heteroatoms. The Balaban J connectivity index is 2.45. The number of nitrogens with one attached hydrogen (secondary N) is 3. The second-order valence-electron chi connectivity index (χ2n) is 3.60. The Labute approximate surface area is 111 Å². The van der Waals surface area contributed by atoms with Crippen LogP contribution in [0.4, 0.5) is 9.18 Å². The highest BCUT2D eigenvalue weighted by Gasteiger charge is 2.07. The van der Waals surface area contributed by atoms with Crippen LogP contribution in [0, 0.1) is 5.82 Å². The molecule has 0 aliphatic rings. The van der Waals surface area contributed by atoms with E-state index in [1.54, 1.807) is 4.98 Å². The lowest BCUT2D eigenvalue weighted by Gasteiger charge is -2.08. The molecule has 1 rings (SSSR count). The van der Waals surface area contributed by atoms with Crippen molar-refractivity contribution >= 4 is 12.0 Å². The molecule has 20 heavy (non-hydrogen) atoms. The first-order valence-electron chi connectivity index (χ1n) is 5.54. The Kier molecular flexibility index (Phi) is 5.44. The van der Waals surface area contributed by atoms with Gasteiger partial charge in [0.1, 0.15) is 13.3 Å². The molecule has 0 atom stereocenters. The summed E-state index contributed by atoms with van der Waals surface area (Å²) in [7, 11) is 1.44. The predicted molar refractivity (Wildman–Crippen MR) is 64.4 cm³/mol. The van der Waals surface area contributed by atoms with Crippen LogP contribution in [0.2, 0.25) is 0 Å². The number of carbonyl (C=O) groups excluding carboxylic acids is 2. The predicted octanol–water partition coefficient (Wildman–Crippen LogP) is -1.50. The largest absolute Gasteiger partial charge is 0.449 e. The number of aromatic nitrogens is 2. The molecule has 0 saturated heterocycles. The van der Waals surface area contributed by atoms with Gasteiger partial charge in [0.15, 0.2) is 0 Å². The van der Waals surface area contributed by atoms with Gasteiger partial charge in [0.05, 0.1) is 12.6 Å². The summed E-state index contributed by atoms with van der Waals surface area (Å²) in [6.07, 6.45) is -0.226. The number of ether oxygens (including phenoxy) is 1. The van der Waals surface area contributed by atoms with E-state index in [1.807, 2.05) is 0 Å². The van der Waals surface area contributed by atoms with Gasteiger partial charge in [0, 0.05) is 7.05 Å². The third kappa shape index (κ3) is 4.55. The fourth-order valence-corrected chi connectivity index (χ4v) is 1.16. The molecular formula is C10H13FN4O5. The first-order valence-corrected chi connectivity index (χ1v) is 5.54. The normalized spacial score (nSPS) is 9.90. The molecule has 9 nitrogen and oxygen atoms in total. The number of amides is 2. The molecule has 0 aliphatic heterocycles. The molecule has 1 aromatic heterocycles. The van der Waals surface area contributed by atoms with Crippen LogP contribution >= 0.6 is 0 Å². The van der Waals surface area contributed by atoms with Crippen molar-refractivity contribution in [1.29, 1.82) is 0 Å². The van der Waals surface area contributed by atoms with Crippen LogP contribution in [0.5, 0.6) is 0 Å². The standard InChI is InChI=1S/C10H13FN4O5/c1-12-7(16)2-3-20-10(19)13-5-15-4-6(11)8(17)14-9(15)18/h4H,2-3,5H2,1H3,(H,12,16)(H,13,19)(H,14,17,18). The summed E-state index contributed by atoms with van der Waals surface area (Å²) >= 11 is 0. The summed E-state index contributed by atoms with van der Waals surface area (Å²) in [5.74, 6) is -1.45. The fourth-order valence-electron chi connectivity index (χ4n) is 1.16. The molecule has 0 aliphatic carbocycles. The van der Waals surface area contributed by atoms with Crippen molar-refractivity contribution in [3.63, 3.8) is 0 Å². The van der Waals surface area contributed by atoms with Crippen LogP contribution in [-0.4, -0.2) is 35.2 Å². The molecule has 110 valence electrons. The van der Waals surface area contributed by atoms with E-state index in [1.165, 1.54) is 7.05 Å². The summed E-state index contributed by atoms with van der Waals surface area (Å²) in [6, 6.07) is 0. The number of aromatic amines is 1. The Morgan fingerprint density at radius 3 is 2.80 bits per heavy atom. The van der Waals surface area contributed by atoms with Gasteiger partial charge in [-0.05, 0) is 0 Å². The van der Waals surface area contributed by atoms with Crippen molar-refractivity contribution in [1.82, 2.24) is 20.2 Å². The number of halogens is 1. The van der Waals surface area contributed by atoms with Crippen molar-refractivity contribution in [2.24, 2.45) is 0 Å². The number of hydrogen-bond donors (Lipinski definition) is 3. The molecule has 0 fully saturated rings. The zero-order valence-electron chi connectivity index (χ0n) is 10.6. The van der Waals surface area contributed by atoms with Gasteiger partial charge in [0.2, 0.25) is 11.7 Å². The molecule has 1 heterocycles. The van der Waals surface area contributed by atoms with Crippen LogP contribution in [-0.2, 0) is 16.2 Å². The third-order valence-corrected chi connectivity index (χ3v) is 2.20. The zero-order valence-corrected chi connectivity index (χ0v) is 10.6. The molecule has 3 N–H and O–H groups in total. The SMILES string of the molecule is CNC(=O)CCOC(=O)NCn1cc(F)c(=O)[nH]c1=O. The van der Waals surface area contributed by atoms with Crippen LogP contribution in [0.25, 0.3) is 0 Å². The Morgan fingerprint density at radius 1 is 1.45 bits per heavy atom. The molecule has 0 unspecified atom stereocenters. The van der Waals surface area contributed by atoms with Gasteiger partial charge in [-0.2, -0.15) is 4.39 Å². The monoisotopic (exact) mass is 288 g/mol. The fraction of sp³-hybridized carbons (Fsp3) is 0.400. The van der Waals surface area contributed by atoms with E-state index in [4.69, 9.17) is 0 Å². The summed E-state index contributed by atoms with van der Waals surface area (Å²) < 4.78 is 18.3. The van der Waals surface area contributed by atoms with Gasteiger partial charge in [-0.15, -0.1) is 0 Å². The maximum Gasteiger partial charge on any atom is 0.408 e. The zero-order chi connectivity index (χ0) is 15.1. The summed E-state index contributed by atoms with van der Waals surface area (Å²) in [4.78, 5) is 45.8. The van der Waals surface area contributed by atoms with Crippen LogP contribution in [0.15, 0.2) is 15.8 Å². The van der Waals surface area contributed by atoms with Crippen molar-refractivity contribution in [2.75, 3.05) is 13.7 Å². The number of rotatable bonds is 5. The van der Waals surface area contributed by atoms with E-state index in [9.17, 15) is 23.6 Å². The first-order chi connectivity index (χ1) is 9.43. The van der Waals surface area contributed by atoms with Gasteiger partial charge in [0.25, 0.3) is 5.56 Å². The minimum absolute atomic E-state index is 0.00282. The highest BCUT2D eigenvalue weighted by atomic mass is 19.1. The van der Waals surface area contributed by atoms with E-state index in [2.05, 4.69) is 15.4 Å². The second kappa shape index (κ2) is 7.07. The minimum atomic E-state index is -1.15. The van der Waals surface area contributed by atoms with Crippen LogP contribution < -0.4 is 21.9 Å². The Morgan fingerprint density at radius 2 is 2.15 bits per heavy atom. The quantitative estimate of drug-likeness (QED) is 0.608. The molecular weight excluding hydrogens is 275 g/mol. The number of H-pyrrole nitrogens is 1. The molecule has 1 aromatic rings. The summed E-state index contributed by atoms with van der Waals surface area (Å²) in [5, 5.41) is 4.50. The molecule has 0 spiro atoms. The van der Waals surface area contributed by atoms with E-state index in [0.29, 0.717) is 6.20 Å². The molecule has 0 radical (unpaired) electrons. The second-order valence-corrected chi connectivity index (χ2v) is 3.60. The van der Waals surface area contributed by atoms with Crippen LogP contribution in [0.1, 0.15) is 6.42 Å². The number of carbonyl (C=O) groups is 2. The van der Waals surface area contributed by atoms with Gasteiger partial charge < -0.3 is 15.4 Å². The minimum Gasteiger partial charge on any atom is -0.449 e. The number of hydrogen-bond acceptors (Lipinski definition) is 5. The van der Waals surface area contributed by atoms with Gasteiger partial charge in [-0.25, -0.2) is 9.59 Å². The average molecular weight is 288 g/mol. The van der Waals surface area contributed by atoms with E-state index in [0.717, 1.165) is 4.57 Å². The first kappa shape index (κ1) is 15.4. The summed E-state index contributed by atoms with van der Waals surface area (Å²) in [5.41, 5.74) is -2.01. The van der Waals surface area contributed by atoms with Gasteiger partial charge >= 0.3 is 11.8 Å². The number of nitrogens with zero attached hydrogens (tertiary/aromatic N) is 1. The average Bonchev–Trinajstić information content (AvgIpc) is 2.41. The lowest BCUT2D eigenvalue weighted by molar-refractivity contribution is -0.121. The van der Waals surface area contributed by atoms with Gasteiger partial charge in [-0.3, -0.25) is 19.1 Å². The van der Waals surface area contributed by atoms with Crippen molar-refractivity contribution in [3.05, 3.63) is 32.9 Å². The lowest BCUT2D eigenvalue weighted by atomic mass is 10.4. The van der Waals surface area contributed by atoms with Crippen molar-refractivity contribution in [2.45, 2.75) is 13.1 Å². The van der Waals surface area contributed by atoms with Crippen molar-refractivity contribution in [3.8, 4) is 0 Å². The van der Waals surface area contributed by atoms with Crippen molar-refractivity contribution < 1.29 is 18.7 Å².